The third kappa shape index (κ3) is 6.48. The molecule has 0 amide bonds. The van der Waals surface area contributed by atoms with Crippen LogP contribution in [0.15, 0.2) is 23.8 Å². The Kier molecular flexibility index (Phi) is 5.23. The Labute approximate surface area is 88.1 Å². The van der Waals surface area contributed by atoms with Gasteiger partial charge < -0.3 is 0 Å². The van der Waals surface area contributed by atoms with Crippen LogP contribution in [0.5, 0.6) is 0 Å². The molecule has 0 bridgehead atoms. The normalized spacial score (nSPS) is 10.5. The Hall–Kier alpha value is -1.03. The molecule has 1 heteroatoms. The van der Waals surface area contributed by atoms with Gasteiger partial charge >= 0.3 is 0 Å². The zero-order chi connectivity index (χ0) is 11.2. The van der Waals surface area contributed by atoms with E-state index in [1.165, 1.54) is 11.1 Å². The molecule has 0 fully saturated rings. The lowest BCUT2D eigenvalue weighted by Crippen LogP contribution is -2.08. The van der Waals surface area contributed by atoms with Crippen molar-refractivity contribution in [2.24, 2.45) is 5.41 Å². The summed E-state index contributed by atoms with van der Waals surface area (Å²) in [7, 11) is 0. The summed E-state index contributed by atoms with van der Waals surface area (Å²) in [6.45, 7) is 12.1. The van der Waals surface area contributed by atoms with E-state index < -0.39 is 0 Å². The van der Waals surface area contributed by atoms with Crippen LogP contribution in [0, 0.1) is 16.7 Å². The standard InChI is InChI=1S/C13H21N/c1-11(2)7-6-8-12(3)9-13(4,5)10-14/h7H,3,6,8-9H2,1-2,4-5H3. The van der Waals surface area contributed by atoms with Crippen LogP contribution in [0.25, 0.3) is 0 Å². The number of nitrogens with zero attached hydrogens (tertiary/aromatic N) is 1. The molecule has 0 unspecified atom stereocenters. The van der Waals surface area contributed by atoms with E-state index in [1.54, 1.807) is 0 Å². The van der Waals surface area contributed by atoms with Gasteiger partial charge in [-0.25, -0.2) is 0 Å². The van der Waals surface area contributed by atoms with Crippen molar-refractivity contribution in [3.8, 4) is 6.07 Å². The first kappa shape index (κ1) is 13.0. The summed E-state index contributed by atoms with van der Waals surface area (Å²) in [5.41, 5.74) is 2.26. The monoisotopic (exact) mass is 191 g/mol. The molecule has 0 aromatic rings. The quantitative estimate of drug-likeness (QED) is 0.596. The molecule has 0 aliphatic rings. The average molecular weight is 191 g/mol. The van der Waals surface area contributed by atoms with Crippen molar-refractivity contribution < 1.29 is 0 Å². The van der Waals surface area contributed by atoms with Crippen LogP contribution < -0.4 is 0 Å². The predicted molar refractivity (Wildman–Crippen MR) is 61.8 cm³/mol. The van der Waals surface area contributed by atoms with E-state index >= 15 is 0 Å². The van der Waals surface area contributed by atoms with E-state index in [2.05, 4.69) is 32.6 Å². The Morgan fingerprint density at radius 1 is 1.43 bits per heavy atom. The van der Waals surface area contributed by atoms with Gasteiger partial charge in [-0.05, 0) is 47.0 Å². The number of nitriles is 1. The van der Waals surface area contributed by atoms with E-state index in [0.717, 1.165) is 19.3 Å². The van der Waals surface area contributed by atoms with E-state index in [9.17, 15) is 0 Å². The Morgan fingerprint density at radius 3 is 2.43 bits per heavy atom. The van der Waals surface area contributed by atoms with Crippen molar-refractivity contribution in [1.82, 2.24) is 0 Å². The Balaban J connectivity index is 3.90. The number of allylic oxidation sites excluding steroid dienone is 3. The number of rotatable bonds is 5. The van der Waals surface area contributed by atoms with Crippen LogP contribution in [-0.2, 0) is 0 Å². The summed E-state index contributed by atoms with van der Waals surface area (Å²) in [6.07, 6.45) is 5.06. The van der Waals surface area contributed by atoms with Crippen molar-refractivity contribution in [3.05, 3.63) is 23.8 Å². The second-order valence-electron chi connectivity index (χ2n) is 4.74. The van der Waals surface area contributed by atoms with Crippen LogP contribution in [-0.4, -0.2) is 0 Å². The van der Waals surface area contributed by atoms with E-state index in [-0.39, 0.29) is 5.41 Å². The largest absolute Gasteiger partial charge is 0.198 e. The Bertz CT molecular complexity index is 259. The molecule has 0 aliphatic carbocycles. The average Bonchev–Trinajstić information content (AvgIpc) is 2.02. The first-order chi connectivity index (χ1) is 6.37. The topological polar surface area (TPSA) is 23.8 Å². The molecule has 0 heterocycles. The van der Waals surface area contributed by atoms with Crippen LogP contribution in [0.3, 0.4) is 0 Å². The SMILES string of the molecule is C=C(CCC=C(C)C)CC(C)(C)C#N. The summed E-state index contributed by atoms with van der Waals surface area (Å²) in [4.78, 5) is 0. The van der Waals surface area contributed by atoms with Gasteiger partial charge in [0, 0.05) is 0 Å². The van der Waals surface area contributed by atoms with Gasteiger partial charge in [0.25, 0.3) is 0 Å². The van der Waals surface area contributed by atoms with Gasteiger partial charge in [0.1, 0.15) is 0 Å². The van der Waals surface area contributed by atoms with Crippen molar-refractivity contribution in [1.29, 1.82) is 5.26 Å². The third-order valence-electron chi connectivity index (χ3n) is 2.05. The van der Waals surface area contributed by atoms with Gasteiger partial charge in [-0.15, -0.1) is 0 Å². The second kappa shape index (κ2) is 5.65. The molecule has 0 atom stereocenters. The summed E-state index contributed by atoms with van der Waals surface area (Å²) in [5.74, 6) is 0. The van der Waals surface area contributed by atoms with Crippen molar-refractivity contribution >= 4 is 0 Å². The smallest absolute Gasteiger partial charge is 0.0687 e. The summed E-state index contributed by atoms with van der Waals surface area (Å²) >= 11 is 0. The maximum atomic E-state index is 8.85. The van der Waals surface area contributed by atoms with Crippen molar-refractivity contribution in [3.63, 3.8) is 0 Å². The zero-order valence-corrected chi connectivity index (χ0v) is 9.85. The molecular weight excluding hydrogens is 170 g/mol. The first-order valence-electron chi connectivity index (χ1n) is 5.08. The molecule has 0 saturated heterocycles. The van der Waals surface area contributed by atoms with Gasteiger partial charge in [0.2, 0.25) is 0 Å². The molecule has 0 aliphatic heterocycles. The van der Waals surface area contributed by atoms with E-state index in [4.69, 9.17) is 5.26 Å². The maximum absolute atomic E-state index is 8.85. The highest BCUT2D eigenvalue weighted by atomic mass is 14.3. The summed E-state index contributed by atoms with van der Waals surface area (Å²) in [6, 6.07) is 2.30. The minimum atomic E-state index is -0.262. The van der Waals surface area contributed by atoms with Gasteiger partial charge in [-0.2, -0.15) is 5.26 Å². The lowest BCUT2D eigenvalue weighted by Gasteiger charge is -2.16. The van der Waals surface area contributed by atoms with Crippen LogP contribution in [0.1, 0.15) is 47.0 Å². The molecule has 78 valence electrons. The molecular formula is C13H21N. The van der Waals surface area contributed by atoms with Gasteiger partial charge in [0.15, 0.2) is 0 Å². The number of hydrogen-bond acceptors (Lipinski definition) is 1. The van der Waals surface area contributed by atoms with Gasteiger partial charge in [-0.3, -0.25) is 0 Å². The van der Waals surface area contributed by atoms with Crippen molar-refractivity contribution in [2.45, 2.75) is 47.0 Å². The van der Waals surface area contributed by atoms with Crippen LogP contribution in [0.2, 0.25) is 0 Å². The molecule has 0 radical (unpaired) electrons. The van der Waals surface area contributed by atoms with Crippen molar-refractivity contribution in [2.75, 3.05) is 0 Å². The van der Waals surface area contributed by atoms with Crippen LogP contribution in [0.4, 0.5) is 0 Å². The molecule has 14 heavy (non-hydrogen) atoms. The summed E-state index contributed by atoms with van der Waals surface area (Å²) < 4.78 is 0. The van der Waals surface area contributed by atoms with Gasteiger partial charge in [0.05, 0.1) is 11.5 Å². The first-order valence-corrected chi connectivity index (χ1v) is 5.08. The van der Waals surface area contributed by atoms with E-state index in [0.29, 0.717) is 0 Å². The van der Waals surface area contributed by atoms with Crippen LogP contribution >= 0.6 is 0 Å². The maximum Gasteiger partial charge on any atom is 0.0687 e. The fourth-order valence-corrected chi connectivity index (χ4v) is 1.32. The van der Waals surface area contributed by atoms with E-state index in [1.807, 2.05) is 13.8 Å². The highest BCUT2D eigenvalue weighted by molar-refractivity contribution is 5.07. The molecule has 0 rings (SSSR count). The molecule has 0 aromatic heterocycles. The highest BCUT2D eigenvalue weighted by Crippen LogP contribution is 2.25. The minimum Gasteiger partial charge on any atom is -0.198 e. The zero-order valence-electron chi connectivity index (χ0n) is 9.85. The fraction of sp³-hybridized carbons (Fsp3) is 0.615. The van der Waals surface area contributed by atoms with Gasteiger partial charge in [-0.1, -0.05) is 23.8 Å². The summed E-state index contributed by atoms with van der Waals surface area (Å²) in [5, 5.41) is 8.85. The predicted octanol–water partition coefficient (Wildman–Crippen LogP) is 4.23. The Morgan fingerprint density at radius 2 is 2.00 bits per heavy atom. The molecule has 0 N–H and O–H groups in total. The minimum absolute atomic E-state index is 0.262. The lowest BCUT2D eigenvalue weighted by atomic mass is 9.86. The lowest BCUT2D eigenvalue weighted by molar-refractivity contribution is 0.484. The molecule has 0 saturated carbocycles. The molecule has 0 aromatic carbocycles. The molecule has 0 spiro atoms. The highest BCUT2D eigenvalue weighted by Gasteiger charge is 2.17. The number of hydrogen-bond donors (Lipinski definition) is 0. The second-order valence-corrected chi connectivity index (χ2v) is 4.74. The fourth-order valence-electron chi connectivity index (χ4n) is 1.32. The third-order valence-corrected chi connectivity index (χ3v) is 2.05. The molecule has 1 nitrogen and oxygen atoms in total.